The molecular weight excluding hydrogens is 214 g/mol. The second-order valence-electron chi connectivity index (χ2n) is 3.33. The molecule has 1 aromatic rings. The summed E-state index contributed by atoms with van der Waals surface area (Å²) in [6, 6.07) is 6.09. The summed E-state index contributed by atoms with van der Waals surface area (Å²) in [6.45, 7) is 0.702. The first-order valence-electron chi connectivity index (χ1n) is 4.97. The Morgan fingerprint density at radius 2 is 2.19 bits per heavy atom. The molecule has 1 N–H and O–H groups in total. The summed E-state index contributed by atoms with van der Waals surface area (Å²) in [7, 11) is 0. The average molecular weight is 228 g/mol. The first-order chi connectivity index (χ1) is 7.63. The van der Waals surface area contributed by atoms with Crippen molar-refractivity contribution in [2.45, 2.75) is 25.6 Å². The molecule has 0 aliphatic carbocycles. The third-order valence-corrected chi connectivity index (χ3v) is 2.11. The lowest BCUT2D eigenvalue weighted by atomic mass is 10.0. The molecule has 0 aromatic heterocycles. The fourth-order valence-electron chi connectivity index (χ4n) is 1.34. The number of hydrogen-bond acceptors (Lipinski definition) is 2. The fourth-order valence-corrected chi connectivity index (χ4v) is 1.34. The SMILES string of the molecule is C=CCCC(O)c1cccc(OC(F)F)c1. The van der Waals surface area contributed by atoms with Crippen molar-refractivity contribution in [2.75, 3.05) is 0 Å². The van der Waals surface area contributed by atoms with Gasteiger partial charge in [0.1, 0.15) is 5.75 Å². The molecule has 1 atom stereocenters. The number of alkyl halides is 2. The molecule has 0 aliphatic rings. The minimum Gasteiger partial charge on any atom is -0.435 e. The van der Waals surface area contributed by atoms with Crippen LogP contribution in [0.2, 0.25) is 0 Å². The molecule has 0 fully saturated rings. The van der Waals surface area contributed by atoms with Gasteiger partial charge in [0.15, 0.2) is 0 Å². The van der Waals surface area contributed by atoms with E-state index in [1.807, 2.05) is 0 Å². The van der Waals surface area contributed by atoms with E-state index in [-0.39, 0.29) is 5.75 Å². The minimum atomic E-state index is -2.85. The maximum Gasteiger partial charge on any atom is 0.387 e. The molecule has 88 valence electrons. The summed E-state index contributed by atoms with van der Waals surface area (Å²) < 4.78 is 28.2. The predicted molar refractivity (Wildman–Crippen MR) is 57.5 cm³/mol. The zero-order chi connectivity index (χ0) is 12.0. The Labute approximate surface area is 93.2 Å². The number of benzene rings is 1. The molecule has 0 saturated carbocycles. The monoisotopic (exact) mass is 228 g/mol. The third-order valence-electron chi connectivity index (χ3n) is 2.11. The molecule has 1 aromatic carbocycles. The number of rotatable bonds is 6. The Morgan fingerprint density at radius 3 is 2.81 bits per heavy atom. The summed E-state index contributed by atoms with van der Waals surface area (Å²) in [6.07, 6.45) is 2.20. The molecule has 4 heteroatoms. The van der Waals surface area contributed by atoms with Crippen LogP contribution in [0.3, 0.4) is 0 Å². The van der Waals surface area contributed by atoms with Gasteiger partial charge in [0.25, 0.3) is 0 Å². The topological polar surface area (TPSA) is 29.5 Å². The summed E-state index contributed by atoms with van der Waals surface area (Å²) >= 11 is 0. The lowest BCUT2D eigenvalue weighted by molar-refractivity contribution is -0.0499. The van der Waals surface area contributed by atoms with E-state index in [9.17, 15) is 13.9 Å². The van der Waals surface area contributed by atoms with Gasteiger partial charge in [-0.15, -0.1) is 6.58 Å². The highest BCUT2D eigenvalue weighted by Gasteiger charge is 2.09. The van der Waals surface area contributed by atoms with E-state index < -0.39 is 12.7 Å². The van der Waals surface area contributed by atoms with Crippen molar-refractivity contribution in [3.05, 3.63) is 42.5 Å². The van der Waals surface area contributed by atoms with Crippen LogP contribution < -0.4 is 4.74 Å². The van der Waals surface area contributed by atoms with E-state index in [0.717, 1.165) is 0 Å². The van der Waals surface area contributed by atoms with Crippen LogP contribution in [0.5, 0.6) is 5.75 Å². The number of ether oxygens (including phenoxy) is 1. The highest BCUT2D eigenvalue weighted by atomic mass is 19.3. The van der Waals surface area contributed by atoms with Gasteiger partial charge in [-0.3, -0.25) is 0 Å². The second-order valence-corrected chi connectivity index (χ2v) is 3.33. The molecule has 0 heterocycles. The summed E-state index contributed by atoms with van der Waals surface area (Å²) in [5, 5.41) is 9.72. The van der Waals surface area contributed by atoms with Crippen molar-refractivity contribution >= 4 is 0 Å². The van der Waals surface area contributed by atoms with Gasteiger partial charge in [-0.05, 0) is 30.5 Å². The van der Waals surface area contributed by atoms with Gasteiger partial charge in [0.2, 0.25) is 0 Å². The molecule has 0 saturated heterocycles. The molecule has 0 bridgehead atoms. The van der Waals surface area contributed by atoms with Crippen molar-refractivity contribution in [3.8, 4) is 5.75 Å². The standard InChI is InChI=1S/C12H14F2O2/c1-2-3-7-11(15)9-5-4-6-10(8-9)16-12(13)14/h2,4-6,8,11-12,15H,1,3,7H2. The van der Waals surface area contributed by atoms with Crippen LogP contribution in [0.4, 0.5) is 8.78 Å². The molecule has 2 nitrogen and oxygen atoms in total. The summed E-state index contributed by atoms with van der Waals surface area (Å²) in [5.74, 6) is 0.0603. The Bertz CT molecular complexity index is 340. The highest BCUT2D eigenvalue weighted by molar-refractivity contribution is 5.29. The van der Waals surface area contributed by atoms with E-state index >= 15 is 0 Å². The molecule has 16 heavy (non-hydrogen) atoms. The maximum atomic E-state index is 12.0. The zero-order valence-corrected chi connectivity index (χ0v) is 8.77. The Balaban J connectivity index is 2.69. The van der Waals surface area contributed by atoms with Crippen LogP contribution in [0.15, 0.2) is 36.9 Å². The molecule has 0 radical (unpaired) electrons. The lowest BCUT2D eigenvalue weighted by Crippen LogP contribution is -2.03. The quantitative estimate of drug-likeness (QED) is 0.757. The molecule has 1 rings (SSSR count). The van der Waals surface area contributed by atoms with Crippen molar-refractivity contribution in [2.24, 2.45) is 0 Å². The third kappa shape index (κ3) is 3.98. The van der Waals surface area contributed by atoms with Gasteiger partial charge in [-0.1, -0.05) is 18.2 Å². The van der Waals surface area contributed by atoms with Crippen LogP contribution >= 0.6 is 0 Å². The largest absolute Gasteiger partial charge is 0.435 e. The number of aliphatic hydroxyl groups excluding tert-OH is 1. The molecule has 0 spiro atoms. The minimum absolute atomic E-state index is 0.0603. The Kier molecular flexibility index (Phi) is 4.92. The van der Waals surface area contributed by atoms with E-state index in [1.165, 1.54) is 12.1 Å². The number of hydrogen-bond donors (Lipinski definition) is 1. The van der Waals surface area contributed by atoms with Gasteiger partial charge in [0.05, 0.1) is 6.10 Å². The summed E-state index contributed by atoms with van der Waals surface area (Å²) in [5.41, 5.74) is 0.569. The second kappa shape index (κ2) is 6.23. The zero-order valence-electron chi connectivity index (χ0n) is 8.77. The van der Waals surface area contributed by atoms with Crippen molar-refractivity contribution in [3.63, 3.8) is 0 Å². The van der Waals surface area contributed by atoms with Crippen LogP contribution in [-0.2, 0) is 0 Å². The van der Waals surface area contributed by atoms with Gasteiger partial charge in [0, 0.05) is 0 Å². The Hall–Kier alpha value is -1.42. The van der Waals surface area contributed by atoms with Crippen LogP contribution in [0.25, 0.3) is 0 Å². The van der Waals surface area contributed by atoms with Crippen molar-refractivity contribution < 1.29 is 18.6 Å². The molecular formula is C12H14F2O2. The maximum absolute atomic E-state index is 12.0. The summed E-state index contributed by atoms with van der Waals surface area (Å²) in [4.78, 5) is 0. The fraction of sp³-hybridized carbons (Fsp3) is 0.333. The first-order valence-corrected chi connectivity index (χ1v) is 4.97. The van der Waals surface area contributed by atoms with E-state index in [4.69, 9.17) is 0 Å². The van der Waals surface area contributed by atoms with Crippen LogP contribution in [0.1, 0.15) is 24.5 Å². The van der Waals surface area contributed by atoms with Crippen molar-refractivity contribution in [1.82, 2.24) is 0 Å². The molecule has 0 amide bonds. The Morgan fingerprint density at radius 1 is 1.44 bits per heavy atom. The average Bonchev–Trinajstić information content (AvgIpc) is 2.25. The molecule has 0 aliphatic heterocycles. The number of halogens is 2. The molecule has 1 unspecified atom stereocenters. The van der Waals surface area contributed by atoms with E-state index in [2.05, 4.69) is 11.3 Å². The normalized spacial score (nSPS) is 12.5. The predicted octanol–water partition coefficient (Wildman–Crippen LogP) is 3.29. The van der Waals surface area contributed by atoms with E-state index in [0.29, 0.717) is 18.4 Å². The smallest absolute Gasteiger partial charge is 0.387 e. The number of aliphatic hydroxyl groups is 1. The lowest BCUT2D eigenvalue weighted by Gasteiger charge is -2.11. The van der Waals surface area contributed by atoms with Gasteiger partial charge in [-0.25, -0.2) is 0 Å². The van der Waals surface area contributed by atoms with Crippen LogP contribution in [0, 0.1) is 0 Å². The van der Waals surface area contributed by atoms with Crippen molar-refractivity contribution in [1.29, 1.82) is 0 Å². The van der Waals surface area contributed by atoms with Gasteiger partial charge < -0.3 is 9.84 Å². The van der Waals surface area contributed by atoms with E-state index in [1.54, 1.807) is 18.2 Å². The van der Waals surface area contributed by atoms with Gasteiger partial charge in [-0.2, -0.15) is 8.78 Å². The number of allylic oxidation sites excluding steroid dienone is 1. The van der Waals surface area contributed by atoms with Crippen LogP contribution in [-0.4, -0.2) is 11.7 Å². The first kappa shape index (κ1) is 12.6. The van der Waals surface area contributed by atoms with Gasteiger partial charge >= 0.3 is 6.61 Å². The highest BCUT2D eigenvalue weighted by Crippen LogP contribution is 2.23.